The summed E-state index contributed by atoms with van der Waals surface area (Å²) in [4.78, 5) is 23.1. The number of rotatable bonds is 7. The van der Waals surface area contributed by atoms with Gasteiger partial charge in [0, 0.05) is 0 Å². The Morgan fingerprint density at radius 1 is 0.957 bits per heavy atom. The molecule has 0 heterocycles. The quantitative estimate of drug-likeness (QED) is 0.810. The Bertz CT molecular complexity index is 705. The van der Waals surface area contributed by atoms with Gasteiger partial charge in [-0.05, 0) is 42.0 Å². The fourth-order valence-electron chi connectivity index (χ4n) is 2.72. The molecule has 0 unspecified atom stereocenters. The van der Waals surface area contributed by atoms with Gasteiger partial charge in [-0.2, -0.15) is 0 Å². The molecule has 0 aliphatic rings. The van der Waals surface area contributed by atoms with Crippen molar-refractivity contribution in [1.29, 1.82) is 0 Å². The van der Waals surface area contributed by atoms with Crippen LogP contribution >= 0.6 is 0 Å². The molecule has 2 aromatic carbocycles. The lowest BCUT2D eigenvalue weighted by atomic mass is 9.89. The minimum atomic E-state index is -1.21. The topological polar surface area (TPSA) is 74.6 Å². The van der Waals surface area contributed by atoms with Gasteiger partial charge in [-0.1, -0.05) is 49.7 Å². The third-order valence-electron chi connectivity index (χ3n) is 3.88. The lowest BCUT2D eigenvalue weighted by Crippen LogP contribution is -2.14. The Morgan fingerprint density at radius 2 is 1.65 bits per heavy atom. The summed E-state index contributed by atoms with van der Waals surface area (Å²) in [6, 6.07) is 12.7. The summed E-state index contributed by atoms with van der Waals surface area (Å²) in [5.41, 5.74) is 2.25. The SMILES string of the molecule is CCCCc1ccc(C(=O)O)c(C(=O)O)c1Cc1ccccc1. The molecule has 0 radical (unpaired) electrons. The molecular formula is C19H20O4. The van der Waals surface area contributed by atoms with Crippen LogP contribution in [0.15, 0.2) is 42.5 Å². The third kappa shape index (κ3) is 3.97. The highest BCUT2D eigenvalue weighted by Gasteiger charge is 2.22. The second kappa shape index (κ2) is 7.58. The van der Waals surface area contributed by atoms with Gasteiger partial charge in [0.05, 0.1) is 11.1 Å². The van der Waals surface area contributed by atoms with E-state index in [0.717, 1.165) is 30.4 Å². The normalized spacial score (nSPS) is 10.5. The zero-order chi connectivity index (χ0) is 16.8. The number of hydrogen-bond donors (Lipinski definition) is 2. The number of benzene rings is 2. The first-order valence-corrected chi connectivity index (χ1v) is 7.69. The maximum absolute atomic E-state index is 11.7. The summed E-state index contributed by atoms with van der Waals surface area (Å²) in [6.45, 7) is 2.07. The summed E-state index contributed by atoms with van der Waals surface area (Å²) in [5, 5.41) is 18.9. The monoisotopic (exact) mass is 312 g/mol. The maximum Gasteiger partial charge on any atom is 0.336 e. The van der Waals surface area contributed by atoms with Crippen molar-refractivity contribution in [2.75, 3.05) is 0 Å². The molecule has 2 N–H and O–H groups in total. The van der Waals surface area contributed by atoms with E-state index < -0.39 is 11.9 Å². The molecule has 0 amide bonds. The van der Waals surface area contributed by atoms with Gasteiger partial charge >= 0.3 is 11.9 Å². The fourth-order valence-corrected chi connectivity index (χ4v) is 2.72. The number of aromatic carboxylic acids is 2. The number of hydrogen-bond acceptors (Lipinski definition) is 2. The van der Waals surface area contributed by atoms with Crippen molar-refractivity contribution in [3.63, 3.8) is 0 Å². The molecule has 0 saturated carbocycles. The van der Waals surface area contributed by atoms with Gasteiger partial charge in [0.2, 0.25) is 0 Å². The van der Waals surface area contributed by atoms with Crippen molar-refractivity contribution in [2.45, 2.75) is 32.6 Å². The van der Waals surface area contributed by atoms with Crippen LogP contribution in [-0.4, -0.2) is 22.2 Å². The van der Waals surface area contributed by atoms with E-state index in [1.165, 1.54) is 6.07 Å². The van der Waals surface area contributed by atoms with Crippen LogP contribution in [0.2, 0.25) is 0 Å². The van der Waals surface area contributed by atoms with Gasteiger partial charge in [0.25, 0.3) is 0 Å². The molecule has 23 heavy (non-hydrogen) atoms. The second-order valence-corrected chi connectivity index (χ2v) is 5.50. The molecule has 4 heteroatoms. The first-order valence-electron chi connectivity index (χ1n) is 7.69. The van der Waals surface area contributed by atoms with Gasteiger partial charge in [-0.25, -0.2) is 9.59 Å². The summed E-state index contributed by atoms with van der Waals surface area (Å²) in [5.74, 6) is -2.40. The minimum Gasteiger partial charge on any atom is -0.478 e. The number of carbonyl (C=O) groups is 2. The summed E-state index contributed by atoms with van der Waals surface area (Å²) >= 11 is 0. The molecule has 2 rings (SSSR count). The maximum atomic E-state index is 11.7. The molecular weight excluding hydrogens is 292 g/mol. The van der Waals surface area contributed by atoms with Crippen LogP contribution < -0.4 is 0 Å². The molecule has 0 fully saturated rings. The first-order chi connectivity index (χ1) is 11.0. The third-order valence-corrected chi connectivity index (χ3v) is 3.88. The lowest BCUT2D eigenvalue weighted by molar-refractivity contribution is 0.0650. The van der Waals surface area contributed by atoms with E-state index in [-0.39, 0.29) is 11.1 Å². The molecule has 4 nitrogen and oxygen atoms in total. The Hall–Kier alpha value is -2.62. The van der Waals surface area contributed by atoms with Crippen LogP contribution in [0.25, 0.3) is 0 Å². The molecule has 120 valence electrons. The number of unbranched alkanes of at least 4 members (excludes halogenated alkanes) is 1. The van der Waals surface area contributed by atoms with E-state index in [2.05, 4.69) is 6.92 Å². The number of aryl methyl sites for hydroxylation is 1. The first kappa shape index (κ1) is 16.7. The summed E-state index contributed by atoms with van der Waals surface area (Å²) < 4.78 is 0. The minimum absolute atomic E-state index is 0.0880. The van der Waals surface area contributed by atoms with Crippen molar-refractivity contribution in [2.24, 2.45) is 0 Å². The molecule has 0 aromatic heterocycles. The zero-order valence-corrected chi connectivity index (χ0v) is 13.1. The largest absolute Gasteiger partial charge is 0.478 e. The van der Waals surface area contributed by atoms with E-state index in [1.54, 1.807) is 6.07 Å². The molecule has 0 aliphatic carbocycles. The average Bonchev–Trinajstić information content (AvgIpc) is 2.53. The predicted octanol–water partition coefficient (Wildman–Crippen LogP) is 4.02. The lowest BCUT2D eigenvalue weighted by Gasteiger charge is -2.15. The Morgan fingerprint density at radius 3 is 2.22 bits per heavy atom. The van der Waals surface area contributed by atoms with Gasteiger partial charge in [-0.3, -0.25) is 0 Å². The smallest absolute Gasteiger partial charge is 0.336 e. The number of carboxylic acids is 2. The van der Waals surface area contributed by atoms with Crippen molar-refractivity contribution in [1.82, 2.24) is 0 Å². The van der Waals surface area contributed by atoms with Crippen LogP contribution in [0.4, 0.5) is 0 Å². The van der Waals surface area contributed by atoms with Crippen LogP contribution in [-0.2, 0) is 12.8 Å². The van der Waals surface area contributed by atoms with Crippen LogP contribution in [0, 0.1) is 0 Å². The average molecular weight is 312 g/mol. The van der Waals surface area contributed by atoms with E-state index in [9.17, 15) is 19.8 Å². The molecule has 0 aliphatic heterocycles. The summed E-state index contributed by atoms with van der Waals surface area (Å²) in [7, 11) is 0. The van der Waals surface area contributed by atoms with E-state index >= 15 is 0 Å². The van der Waals surface area contributed by atoms with Crippen molar-refractivity contribution in [3.8, 4) is 0 Å². The molecule has 0 bridgehead atoms. The van der Waals surface area contributed by atoms with Gasteiger partial charge in [0.15, 0.2) is 0 Å². The van der Waals surface area contributed by atoms with Crippen LogP contribution in [0.3, 0.4) is 0 Å². The predicted molar refractivity (Wildman–Crippen MR) is 88.2 cm³/mol. The van der Waals surface area contributed by atoms with Gasteiger partial charge in [0.1, 0.15) is 0 Å². The second-order valence-electron chi connectivity index (χ2n) is 5.50. The van der Waals surface area contributed by atoms with Crippen molar-refractivity contribution < 1.29 is 19.8 Å². The van der Waals surface area contributed by atoms with Crippen LogP contribution in [0.5, 0.6) is 0 Å². The highest BCUT2D eigenvalue weighted by Crippen LogP contribution is 2.25. The van der Waals surface area contributed by atoms with E-state index in [0.29, 0.717) is 12.0 Å². The molecule has 0 saturated heterocycles. The number of carboxylic acid groups (broad SMARTS) is 2. The van der Waals surface area contributed by atoms with Gasteiger partial charge in [-0.15, -0.1) is 0 Å². The standard InChI is InChI=1S/C19H20O4/c1-2-3-9-14-10-11-15(18(20)21)17(19(22)23)16(14)12-13-7-5-4-6-8-13/h4-8,10-11H,2-3,9,12H2,1H3,(H,20,21)(H,22,23). The summed E-state index contributed by atoms with van der Waals surface area (Å²) in [6.07, 6.45) is 3.10. The van der Waals surface area contributed by atoms with Crippen molar-refractivity contribution in [3.05, 3.63) is 70.3 Å². The van der Waals surface area contributed by atoms with Crippen molar-refractivity contribution >= 4 is 11.9 Å². The Balaban J connectivity index is 2.58. The molecule has 2 aromatic rings. The highest BCUT2D eigenvalue weighted by molar-refractivity contribution is 6.03. The van der Waals surface area contributed by atoms with E-state index in [1.807, 2.05) is 30.3 Å². The van der Waals surface area contributed by atoms with Crippen LogP contribution in [0.1, 0.15) is 57.2 Å². The van der Waals surface area contributed by atoms with Gasteiger partial charge < -0.3 is 10.2 Å². The fraction of sp³-hybridized carbons (Fsp3) is 0.263. The molecule has 0 spiro atoms. The molecule has 0 atom stereocenters. The Kier molecular flexibility index (Phi) is 5.52. The van der Waals surface area contributed by atoms with E-state index in [4.69, 9.17) is 0 Å². The Labute approximate surface area is 135 Å². The zero-order valence-electron chi connectivity index (χ0n) is 13.1. The highest BCUT2D eigenvalue weighted by atomic mass is 16.4.